The number of phenols is 1. The lowest BCUT2D eigenvalue weighted by Crippen LogP contribution is -2.30. The quantitative estimate of drug-likeness (QED) is 0.775. The first-order valence-electron chi connectivity index (χ1n) is 7.54. The molecule has 0 unspecified atom stereocenters. The van der Waals surface area contributed by atoms with E-state index in [9.17, 15) is 14.3 Å². The summed E-state index contributed by atoms with van der Waals surface area (Å²) in [7, 11) is 0. The zero-order valence-electron chi connectivity index (χ0n) is 12.9. The van der Waals surface area contributed by atoms with Crippen LogP contribution in [0.1, 0.15) is 15.9 Å². The van der Waals surface area contributed by atoms with Gasteiger partial charge in [-0.1, -0.05) is 30.3 Å². The number of phenolic OH excluding ortho intramolecular Hbond substituents is 1. The van der Waals surface area contributed by atoms with E-state index in [0.717, 1.165) is 5.56 Å². The van der Waals surface area contributed by atoms with Crippen LogP contribution in [0.3, 0.4) is 0 Å². The van der Waals surface area contributed by atoms with Crippen molar-refractivity contribution in [3.8, 4) is 5.75 Å². The van der Waals surface area contributed by atoms with Crippen LogP contribution < -0.4 is 4.90 Å². The summed E-state index contributed by atoms with van der Waals surface area (Å²) in [6.45, 7) is 0.367. The van der Waals surface area contributed by atoms with Crippen LogP contribution in [0.25, 0.3) is 0 Å². The van der Waals surface area contributed by atoms with Crippen LogP contribution in [0.5, 0.6) is 5.75 Å². The lowest BCUT2D eigenvalue weighted by Gasteiger charge is -2.23. The van der Waals surface area contributed by atoms with E-state index in [4.69, 9.17) is 0 Å². The average Bonchev–Trinajstić information content (AvgIpc) is 2.62. The van der Waals surface area contributed by atoms with Gasteiger partial charge in [0.25, 0.3) is 5.91 Å². The van der Waals surface area contributed by atoms with Crippen LogP contribution in [-0.4, -0.2) is 11.0 Å². The molecule has 3 aromatic rings. The molecule has 24 heavy (non-hydrogen) atoms. The van der Waals surface area contributed by atoms with Crippen molar-refractivity contribution in [2.75, 3.05) is 4.90 Å². The van der Waals surface area contributed by atoms with Gasteiger partial charge in [0, 0.05) is 11.3 Å². The van der Waals surface area contributed by atoms with Gasteiger partial charge in [0.05, 0.1) is 6.54 Å². The monoisotopic (exact) mass is 321 g/mol. The highest BCUT2D eigenvalue weighted by molar-refractivity contribution is 6.06. The summed E-state index contributed by atoms with van der Waals surface area (Å²) in [5.41, 5.74) is 2.03. The number of aromatic hydroxyl groups is 1. The molecule has 0 saturated heterocycles. The third-order valence-electron chi connectivity index (χ3n) is 3.68. The summed E-state index contributed by atoms with van der Waals surface area (Å²) >= 11 is 0. The van der Waals surface area contributed by atoms with Crippen LogP contribution in [0, 0.1) is 5.82 Å². The number of benzene rings is 3. The Kier molecular flexibility index (Phi) is 4.57. The Balaban J connectivity index is 1.96. The van der Waals surface area contributed by atoms with Crippen molar-refractivity contribution in [3.63, 3.8) is 0 Å². The highest BCUT2D eigenvalue weighted by atomic mass is 19.1. The first-order valence-corrected chi connectivity index (χ1v) is 7.54. The summed E-state index contributed by atoms with van der Waals surface area (Å²) in [5, 5.41) is 9.39. The van der Waals surface area contributed by atoms with Crippen molar-refractivity contribution in [2.45, 2.75) is 6.54 Å². The van der Waals surface area contributed by atoms with Gasteiger partial charge >= 0.3 is 0 Å². The van der Waals surface area contributed by atoms with Crippen molar-refractivity contribution >= 4 is 11.6 Å². The average molecular weight is 321 g/mol. The molecule has 1 N–H and O–H groups in total. The molecule has 1 amide bonds. The molecule has 0 aliphatic rings. The fraction of sp³-hybridized carbons (Fsp3) is 0.0500. The largest absolute Gasteiger partial charge is 0.508 e. The number of hydrogen-bond donors (Lipinski definition) is 1. The number of anilines is 1. The fourth-order valence-electron chi connectivity index (χ4n) is 2.43. The Morgan fingerprint density at radius 3 is 2.12 bits per heavy atom. The molecule has 0 radical (unpaired) electrons. The van der Waals surface area contributed by atoms with Gasteiger partial charge in [0.2, 0.25) is 0 Å². The maximum atomic E-state index is 13.2. The number of carbonyl (C=O) groups excluding carboxylic acids is 1. The molecule has 0 heterocycles. The Labute approximate surface area is 139 Å². The van der Waals surface area contributed by atoms with Gasteiger partial charge < -0.3 is 10.0 Å². The van der Waals surface area contributed by atoms with E-state index in [-0.39, 0.29) is 17.5 Å². The van der Waals surface area contributed by atoms with E-state index in [0.29, 0.717) is 17.8 Å². The van der Waals surface area contributed by atoms with Crippen LogP contribution in [0.15, 0.2) is 78.9 Å². The van der Waals surface area contributed by atoms with Crippen molar-refractivity contribution in [1.82, 2.24) is 0 Å². The minimum absolute atomic E-state index is 0.0999. The smallest absolute Gasteiger partial charge is 0.258 e. The van der Waals surface area contributed by atoms with E-state index < -0.39 is 0 Å². The fourth-order valence-corrected chi connectivity index (χ4v) is 2.43. The van der Waals surface area contributed by atoms with Gasteiger partial charge in [-0.05, 0) is 54.1 Å². The van der Waals surface area contributed by atoms with Crippen LogP contribution in [0.2, 0.25) is 0 Å². The lowest BCUT2D eigenvalue weighted by atomic mass is 10.1. The highest BCUT2D eigenvalue weighted by Gasteiger charge is 2.18. The van der Waals surface area contributed by atoms with Gasteiger partial charge in [0.15, 0.2) is 0 Å². The molecular formula is C20H16FNO2. The van der Waals surface area contributed by atoms with E-state index >= 15 is 0 Å². The molecule has 0 atom stereocenters. The Morgan fingerprint density at radius 1 is 0.875 bits per heavy atom. The molecule has 3 aromatic carbocycles. The SMILES string of the molecule is O=C(c1ccc(O)cc1)N(Cc1ccccc1)c1ccc(F)cc1. The molecule has 3 nitrogen and oxygen atoms in total. The number of hydrogen-bond acceptors (Lipinski definition) is 2. The first kappa shape index (κ1) is 15.7. The predicted octanol–water partition coefficient (Wildman–Crippen LogP) is 4.38. The number of rotatable bonds is 4. The molecular weight excluding hydrogens is 305 g/mol. The van der Waals surface area contributed by atoms with Crippen molar-refractivity contribution in [1.29, 1.82) is 0 Å². The maximum Gasteiger partial charge on any atom is 0.258 e. The summed E-state index contributed by atoms with van der Waals surface area (Å²) in [6, 6.07) is 21.5. The van der Waals surface area contributed by atoms with Gasteiger partial charge in [-0.3, -0.25) is 4.79 Å². The van der Waals surface area contributed by atoms with E-state index in [1.807, 2.05) is 30.3 Å². The van der Waals surface area contributed by atoms with Crippen molar-refractivity contribution in [2.24, 2.45) is 0 Å². The van der Waals surface area contributed by atoms with E-state index in [1.54, 1.807) is 29.2 Å². The number of carbonyl (C=O) groups is 1. The van der Waals surface area contributed by atoms with Crippen molar-refractivity contribution < 1.29 is 14.3 Å². The van der Waals surface area contributed by atoms with Gasteiger partial charge in [-0.15, -0.1) is 0 Å². The standard InChI is InChI=1S/C20H16FNO2/c21-17-8-10-18(11-9-17)22(14-15-4-2-1-3-5-15)20(24)16-6-12-19(23)13-7-16/h1-13,23H,14H2. The Morgan fingerprint density at radius 2 is 1.50 bits per heavy atom. The summed E-state index contributed by atoms with van der Waals surface area (Å²) < 4.78 is 13.2. The molecule has 4 heteroatoms. The highest BCUT2D eigenvalue weighted by Crippen LogP contribution is 2.21. The molecule has 0 aliphatic heterocycles. The molecule has 0 bridgehead atoms. The predicted molar refractivity (Wildman–Crippen MR) is 91.5 cm³/mol. The summed E-state index contributed by atoms with van der Waals surface area (Å²) in [6.07, 6.45) is 0. The van der Waals surface area contributed by atoms with Crippen LogP contribution in [-0.2, 0) is 6.54 Å². The van der Waals surface area contributed by atoms with Crippen LogP contribution >= 0.6 is 0 Å². The minimum atomic E-state index is -0.351. The van der Waals surface area contributed by atoms with Gasteiger partial charge in [-0.2, -0.15) is 0 Å². The summed E-state index contributed by atoms with van der Waals surface area (Å²) in [5.74, 6) is -0.469. The Bertz CT molecular complexity index is 815. The van der Waals surface area contributed by atoms with Gasteiger partial charge in [0.1, 0.15) is 11.6 Å². The van der Waals surface area contributed by atoms with Crippen molar-refractivity contribution in [3.05, 3.63) is 95.8 Å². The molecule has 0 spiro atoms. The second-order valence-electron chi connectivity index (χ2n) is 5.40. The zero-order valence-corrected chi connectivity index (χ0v) is 12.9. The molecule has 3 rings (SSSR count). The Hall–Kier alpha value is -3.14. The minimum Gasteiger partial charge on any atom is -0.508 e. The van der Waals surface area contributed by atoms with E-state index in [1.165, 1.54) is 24.3 Å². The second kappa shape index (κ2) is 6.96. The molecule has 0 fully saturated rings. The maximum absolute atomic E-state index is 13.2. The third-order valence-corrected chi connectivity index (χ3v) is 3.68. The molecule has 0 aromatic heterocycles. The third kappa shape index (κ3) is 3.60. The zero-order chi connectivity index (χ0) is 16.9. The van der Waals surface area contributed by atoms with Gasteiger partial charge in [-0.25, -0.2) is 4.39 Å². The summed E-state index contributed by atoms with van der Waals surface area (Å²) in [4.78, 5) is 14.5. The first-order chi connectivity index (χ1) is 11.6. The molecule has 120 valence electrons. The molecule has 0 saturated carbocycles. The topological polar surface area (TPSA) is 40.5 Å². The number of halogens is 1. The normalized spacial score (nSPS) is 10.4. The molecule has 0 aliphatic carbocycles. The second-order valence-corrected chi connectivity index (χ2v) is 5.40. The number of amides is 1. The lowest BCUT2D eigenvalue weighted by molar-refractivity contribution is 0.0985. The van der Waals surface area contributed by atoms with Crippen LogP contribution in [0.4, 0.5) is 10.1 Å². The number of nitrogens with zero attached hydrogens (tertiary/aromatic N) is 1. The van der Waals surface area contributed by atoms with E-state index in [2.05, 4.69) is 0 Å².